The summed E-state index contributed by atoms with van der Waals surface area (Å²) in [6.45, 7) is 3.07. The lowest BCUT2D eigenvalue weighted by atomic mass is 10.5. The van der Waals surface area contributed by atoms with Gasteiger partial charge in [-0.25, -0.2) is 0 Å². The van der Waals surface area contributed by atoms with Crippen LogP contribution >= 0.6 is 0 Å². The van der Waals surface area contributed by atoms with Gasteiger partial charge in [0.05, 0.1) is 0 Å². The molecule has 1 rings (SSSR count). The molecule has 0 saturated carbocycles. The fourth-order valence-electron chi connectivity index (χ4n) is 0.548. The molecule has 0 aromatic carbocycles. The number of oxime groups is 1. The van der Waals surface area contributed by atoms with Crippen LogP contribution in [0.3, 0.4) is 0 Å². The molecule has 1 aromatic heterocycles. The summed E-state index contributed by atoms with van der Waals surface area (Å²) >= 11 is 0. The van der Waals surface area contributed by atoms with Crippen molar-refractivity contribution >= 4 is 6.72 Å². The van der Waals surface area contributed by atoms with Crippen LogP contribution in [-0.4, -0.2) is 11.7 Å². The van der Waals surface area contributed by atoms with Crippen LogP contribution in [-0.2, 0) is 0 Å². The van der Waals surface area contributed by atoms with Gasteiger partial charge >= 0.3 is 0 Å². The summed E-state index contributed by atoms with van der Waals surface area (Å²) in [5.74, 6) is 0.150. The molecule has 4 heteroatoms. The number of aromatic nitrogens is 1. The van der Waals surface area contributed by atoms with Gasteiger partial charge in [-0.3, -0.25) is 4.79 Å². The summed E-state index contributed by atoms with van der Waals surface area (Å²) < 4.78 is 0. The predicted octanol–water partition coefficient (Wildman–Crippen LogP) is 0.369. The van der Waals surface area contributed by atoms with E-state index in [9.17, 15) is 4.79 Å². The summed E-state index contributed by atoms with van der Waals surface area (Å²) in [7, 11) is 0. The molecule has 0 aliphatic heterocycles. The predicted molar refractivity (Wildman–Crippen MR) is 37.2 cm³/mol. The van der Waals surface area contributed by atoms with Gasteiger partial charge in [0.1, 0.15) is 0 Å². The molecule has 52 valence electrons. The van der Waals surface area contributed by atoms with E-state index in [1.807, 2.05) is 0 Å². The van der Waals surface area contributed by atoms with E-state index in [-0.39, 0.29) is 11.3 Å². The minimum atomic E-state index is -0.310. The second-order valence-electron chi connectivity index (χ2n) is 1.58. The molecule has 10 heavy (non-hydrogen) atoms. The molecule has 4 nitrogen and oxygen atoms in total. The topological polar surface area (TPSA) is 54.4 Å². The Balaban J connectivity index is 3.03. The van der Waals surface area contributed by atoms with E-state index >= 15 is 0 Å². The molecule has 0 amide bonds. The van der Waals surface area contributed by atoms with E-state index in [1.54, 1.807) is 6.07 Å². The number of rotatable bonds is 2. The number of nitrogens with one attached hydrogen (secondary N) is 1. The first kappa shape index (κ1) is 6.54. The van der Waals surface area contributed by atoms with E-state index in [1.165, 1.54) is 12.3 Å². The van der Waals surface area contributed by atoms with Gasteiger partial charge < -0.3 is 9.82 Å². The van der Waals surface area contributed by atoms with Crippen molar-refractivity contribution < 1.29 is 4.84 Å². The Bertz CT molecular complexity index is 279. The minimum Gasteiger partial charge on any atom is -0.352 e. The minimum absolute atomic E-state index is 0.150. The van der Waals surface area contributed by atoms with E-state index in [0.29, 0.717) is 0 Å². The van der Waals surface area contributed by atoms with Gasteiger partial charge in [-0.1, -0.05) is 5.16 Å². The highest BCUT2D eigenvalue weighted by Crippen LogP contribution is 1.98. The van der Waals surface area contributed by atoms with Crippen molar-refractivity contribution in [2.75, 3.05) is 0 Å². The Morgan fingerprint density at radius 1 is 1.70 bits per heavy atom. The van der Waals surface area contributed by atoms with Crippen molar-refractivity contribution in [1.82, 2.24) is 4.98 Å². The monoisotopic (exact) mass is 138 g/mol. The van der Waals surface area contributed by atoms with Crippen LogP contribution in [0.25, 0.3) is 0 Å². The number of H-pyrrole nitrogens is 1. The lowest BCUT2D eigenvalue weighted by Crippen LogP contribution is -2.06. The Kier molecular flexibility index (Phi) is 1.84. The highest BCUT2D eigenvalue weighted by atomic mass is 16.6. The van der Waals surface area contributed by atoms with Gasteiger partial charge in [-0.05, 0) is 12.1 Å². The lowest BCUT2D eigenvalue weighted by molar-refractivity contribution is 0.340. The molecule has 0 saturated heterocycles. The van der Waals surface area contributed by atoms with Crippen LogP contribution < -0.4 is 10.4 Å². The standard InChI is InChI=1S/C6H6N2O2/c1-7-10-5-3-2-4-8-6(5)9/h2-4H,1H2,(H,8,9). The normalized spacial score (nSPS) is 8.80. The average molecular weight is 138 g/mol. The maximum atomic E-state index is 10.7. The molecule has 1 aromatic rings. The summed E-state index contributed by atoms with van der Waals surface area (Å²) in [6.07, 6.45) is 1.51. The Morgan fingerprint density at radius 2 is 2.50 bits per heavy atom. The van der Waals surface area contributed by atoms with Gasteiger partial charge in [0.15, 0.2) is 0 Å². The van der Waals surface area contributed by atoms with Crippen LogP contribution in [0.4, 0.5) is 0 Å². The Hall–Kier alpha value is -1.58. The van der Waals surface area contributed by atoms with Gasteiger partial charge in [-0.15, -0.1) is 0 Å². The lowest BCUT2D eigenvalue weighted by Gasteiger charge is -1.92. The maximum absolute atomic E-state index is 10.7. The fourth-order valence-corrected chi connectivity index (χ4v) is 0.548. The molecule has 0 radical (unpaired) electrons. The first-order valence-electron chi connectivity index (χ1n) is 2.65. The smallest absolute Gasteiger partial charge is 0.293 e. The quantitative estimate of drug-likeness (QED) is 0.474. The van der Waals surface area contributed by atoms with Crippen molar-refractivity contribution in [1.29, 1.82) is 0 Å². The summed E-state index contributed by atoms with van der Waals surface area (Å²) in [5.41, 5.74) is -0.310. The van der Waals surface area contributed by atoms with Gasteiger partial charge in [-0.2, -0.15) is 0 Å². The molecule has 1 heterocycles. The third-order valence-electron chi connectivity index (χ3n) is 0.945. The zero-order valence-corrected chi connectivity index (χ0v) is 5.20. The van der Waals surface area contributed by atoms with Crippen molar-refractivity contribution in [2.24, 2.45) is 5.16 Å². The molecular formula is C6H6N2O2. The molecule has 0 bridgehead atoms. The van der Waals surface area contributed by atoms with E-state index in [4.69, 9.17) is 0 Å². The number of aromatic amines is 1. The zero-order chi connectivity index (χ0) is 7.40. The molecule has 1 N–H and O–H groups in total. The van der Waals surface area contributed by atoms with Crippen molar-refractivity contribution in [3.8, 4) is 5.75 Å². The van der Waals surface area contributed by atoms with E-state index < -0.39 is 0 Å². The zero-order valence-electron chi connectivity index (χ0n) is 5.20. The average Bonchev–Trinajstić information content (AvgIpc) is 1.94. The molecule has 0 aliphatic rings. The van der Waals surface area contributed by atoms with Gasteiger partial charge in [0, 0.05) is 12.9 Å². The highest BCUT2D eigenvalue weighted by Gasteiger charge is 1.94. The van der Waals surface area contributed by atoms with Gasteiger partial charge in [0.2, 0.25) is 5.75 Å². The summed E-state index contributed by atoms with van der Waals surface area (Å²) in [4.78, 5) is 17.7. The van der Waals surface area contributed by atoms with Crippen LogP contribution in [0.2, 0.25) is 0 Å². The van der Waals surface area contributed by atoms with Crippen molar-refractivity contribution in [3.05, 3.63) is 28.7 Å². The molecule has 0 aliphatic carbocycles. The first-order valence-corrected chi connectivity index (χ1v) is 2.65. The third-order valence-corrected chi connectivity index (χ3v) is 0.945. The second kappa shape index (κ2) is 2.82. The Labute approximate surface area is 57.1 Å². The first-order chi connectivity index (χ1) is 4.84. The SMILES string of the molecule is C=NOc1ccc[nH]c1=O. The van der Waals surface area contributed by atoms with Crippen LogP contribution in [0.5, 0.6) is 5.75 Å². The largest absolute Gasteiger partial charge is 0.352 e. The second-order valence-corrected chi connectivity index (χ2v) is 1.58. The van der Waals surface area contributed by atoms with Crippen LogP contribution in [0.15, 0.2) is 28.3 Å². The molecular weight excluding hydrogens is 132 g/mol. The molecule has 0 atom stereocenters. The number of nitrogens with zero attached hydrogens (tertiary/aromatic N) is 1. The van der Waals surface area contributed by atoms with Crippen LogP contribution in [0.1, 0.15) is 0 Å². The highest BCUT2D eigenvalue weighted by molar-refractivity contribution is 5.23. The van der Waals surface area contributed by atoms with Crippen molar-refractivity contribution in [3.63, 3.8) is 0 Å². The van der Waals surface area contributed by atoms with Gasteiger partial charge in [0.25, 0.3) is 5.56 Å². The number of hydrogen-bond donors (Lipinski definition) is 1. The fraction of sp³-hybridized carbons (Fsp3) is 0. The molecule has 0 fully saturated rings. The molecule has 0 spiro atoms. The maximum Gasteiger partial charge on any atom is 0.293 e. The van der Waals surface area contributed by atoms with E-state index in [0.717, 1.165) is 0 Å². The van der Waals surface area contributed by atoms with Crippen molar-refractivity contribution in [2.45, 2.75) is 0 Å². The molecule has 0 unspecified atom stereocenters. The summed E-state index contributed by atoms with van der Waals surface area (Å²) in [5, 5.41) is 3.10. The Morgan fingerprint density at radius 3 is 3.10 bits per heavy atom. The summed E-state index contributed by atoms with van der Waals surface area (Å²) in [6, 6.07) is 3.15. The van der Waals surface area contributed by atoms with E-state index in [2.05, 4.69) is 21.7 Å². The van der Waals surface area contributed by atoms with Crippen LogP contribution in [0, 0.1) is 0 Å². The third kappa shape index (κ3) is 1.22. The number of hydrogen-bond acceptors (Lipinski definition) is 3. The number of pyridine rings is 1.